The standard InChI is InChI=1S/C19H22O2.C2H6/c1-19-10-9-15-14-6-4-13(21-2)11-12(14)3-5-16(15)17(19)7-8-18(19)20;1-2/h4,6,11,17H,3,5,7-10H2,1-2H3;1-2H3. The van der Waals surface area contributed by atoms with Gasteiger partial charge in [0.25, 0.3) is 0 Å². The van der Waals surface area contributed by atoms with E-state index in [4.69, 9.17) is 4.74 Å². The highest BCUT2D eigenvalue weighted by atomic mass is 16.5. The summed E-state index contributed by atoms with van der Waals surface area (Å²) in [5.41, 5.74) is 5.89. The van der Waals surface area contributed by atoms with Crippen molar-refractivity contribution in [2.75, 3.05) is 7.11 Å². The third-order valence-corrected chi connectivity index (χ3v) is 6.07. The molecule has 1 aromatic carbocycles. The molecule has 4 rings (SSSR count). The fourth-order valence-corrected chi connectivity index (χ4v) is 4.80. The van der Waals surface area contributed by atoms with Crippen molar-refractivity contribution in [3.05, 3.63) is 34.9 Å². The second-order valence-electron chi connectivity index (χ2n) is 6.96. The van der Waals surface area contributed by atoms with E-state index < -0.39 is 0 Å². The van der Waals surface area contributed by atoms with Gasteiger partial charge < -0.3 is 4.74 Å². The van der Waals surface area contributed by atoms with Crippen molar-refractivity contribution in [2.45, 2.75) is 59.3 Å². The summed E-state index contributed by atoms with van der Waals surface area (Å²) in [7, 11) is 1.73. The number of rotatable bonds is 1. The van der Waals surface area contributed by atoms with Crippen LogP contribution in [0.3, 0.4) is 0 Å². The van der Waals surface area contributed by atoms with Crippen molar-refractivity contribution < 1.29 is 9.53 Å². The Balaban J connectivity index is 0.000000753. The Morgan fingerprint density at radius 3 is 2.65 bits per heavy atom. The Labute approximate surface area is 139 Å². The molecule has 3 aliphatic carbocycles. The summed E-state index contributed by atoms with van der Waals surface area (Å²) in [6.45, 7) is 6.21. The number of benzene rings is 1. The van der Waals surface area contributed by atoms with E-state index in [-0.39, 0.29) is 5.41 Å². The van der Waals surface area contributed by atoms with E-state index in [1.165, 1.54) is 16.7 Å². The van der Waals surface area contributed by atoms with Crippen LogP contribution in [0.5, 0.6) is 5.75 Å². The van der Waals surface area contributed by atoms with Gasteiger partial charge in [0.05, 0.1) is 7.11 Å². The molecule has 2 unspecified atom stereocenters. The predicted octanol–water partition coefficient (Wildman–Crippen LogP) is 5.20. The number of methoxy groups -OCH3 is 1. The number of hydrogen-bond acceptors (Lipinski definition) is 2. The third kappa shape index (κ3) is 2.43. The minimum absolute atomic E-state index is 0.0667. The minimum atomic E-state index is -0.0667. The van der Waals surface area contributed by atoms with E-state index in [0.717, 1.165) is 44.3 Å². The summed E-state index contributed by atoms with van der Waals surface area (Å²) in [5.74, 6) is 1.96. The Bertz CT molecular complexity index is 656. The van der Waals surface area contributed by atoms with Gasteiger partial charge in [-0.3, -0.25) is 4.79 Å². The van der Waals surface area contributed by atoms with Crippen LogP contribution in [0.1, 0.15) is 64.0 Å². The highest BCUT2D eigenvalue weighted by molar-refractivity contribution is 5.90. The van der Waals surface area contributed by atoms with Crippen LogP contribution in [0.4, 0.5) is 0 Å². The second kappa shape index (κ2) is 6.14. The fraction of sp³-hybridized carbons (Fsp3) is 0.571. The van der Waals surface area contributed by atoms with Crippen molar-refractivity contribution in [3.63, 3.8) is 0 Å². The van der Waals surface area contributed by atoms with E-state index in [0.29, 0.717) is 11.7 Å². The zero-order valence-electron chi connectivity index (χ0n) is 14.9. The van der Waals surface area contributed by atoms with Gasteiger partial charge in [0.15, 0.2) is 0 Å². The number of hydrogen-bond donors (Lipinski definition) is 0. The monoisotopic (exact) mass is 312 g/mol. The van der Waals surface area contributed by atoms with Gasteiger partial charge in [-0.2, -0.15) is 0 Å². The normalized spacial score (nSPS) is 28.3. The molecular formula is C21H28O2. The smallest absolute Gasteiger partial charge is 0.139 e. The molecule has 1 aromatic rings. The molecule has 23 heavy (non-hydrogen) atoms. The summed E-state index contributed by atoms with van der Waals surface area (Å²) < 4.78 is 5.36. The van der Waals surface area contributed by atoms with Gasteiger partial charge in [0, 0.05) is 11.8 Å². The minimum Gasteiger partial charge on any atom is -0.497 e. The third-order valence-electron chi connectivity index (χ3n) is 6.07. The molecule has 0 spiro atoms. The first-order valence-corrected chi connectivity index (χ1v) is 9.06. The van der Waals surface area contributed by atoms with Crippen LogP contribution >= 0.6 is 0 Å². The number of allylic oxidation sites excluding steroid dienone is 2. The summed E-state index contributed by atoms with van der Waals surface area (Å²) in [5, 5.41) is 0. The lowest BCUT2D eigenvalue weighted by molar-refractivity contribution is -0.126. The fourth-order valence-electron chi connectivity index (χ4n) is 4.80. The molecule has 0 N–H and O–H groups in total. The number of ketones is 1. The summed E-state index contributed by atoms with van der Waals surface area (Å²) in [4.78, 5) is 12.3. The molecular weight excluding hydrogens is 284 g/mol. The van der Waals surface area contributed by atoms with Crippen LogP contribution in [0, 0.1) is 11.3 Å². The quantitative estimate of drug-likeness (QED) is 0.712. The van der Waals surface area contributed by atoms with Crippen molar-refractivity contribution in [1.82, 2.24) is 0 Å². The number of aryl methyl sites for hydroxylation is 1. The number of ether oxygens (including phenoxy) is 1. The lowest BCUT2D eigenvalue weighted by Gasteiger charge is -2.40. The van der Waals surface area contributed by atoms with Crippen molar-refractivity contribution in [1.29, 1.82) is 0 Å². The zero-order chi connectivity index (χ0) is 16.6. The molecule has 2 heteroatoms. The first-order chi connectivity index (χ1) is 11.1. The molecule has 124 valence electrons. The van der Waals surface area contributed by atoms with Crippen molar-refractivity contribution in [2.24, 2.45) is 11.3 Å². The molecule has 0 amide bonds. The van der Waals surface area contributed by atoms with E-state index in [1.807, 2.05) is 13.8 Å². The predicted molar refractivity (Wildman–Crippen MR) is 94.7 cm³/mol. The lowest BCUT2D eigenvalue weighted by atomic mass is 9.63. The largest absolute Gasteiger partial charge is 0.497 e. The van der Waals surface area contributed by atoms with Crippen LogP contribution in [-0.4, -0.2) is 12.9 Å². The summed E-state index contributed by atoms with van der Waals surface area (Å²) in [6.07, 6.45) is 6.16. The molecule has 1 fully saturated rings. The van der Waals surface area contributed by atoms with Gasteiger partial charge in [-0.1, -0.05) is 32.4 Å². The van der Waals surface area contributed by atoms with Gasteiger partial charge >= 0.3 is 0 Å². The van der Waals surface area contributed by atoms with Gasteiger partial charge in [0.1, 0.15) is 11.5 Å². The molecule has 3 aliphatic rings. The summed E-state index contributed by atoms with van der Waals surface area (Å²) >= 11 is 0. The van der Waals surface area contributed by atoms with Crippen molar-refractivity contribution in [3.8, 4) is 5.75 Å². The number of Topliss-reactive ketones (excluding diaryl/α,β-unsaturated/α-hetero) is 1. The van der Waals surface area contributed by atoms with Gasteiger partial charge in [-0.25, -0.2) is 0 Å². The van der Waals surface area contributed by atoms with Crippen molar-refractivity contribution >= 4 is 11.4 Å². The topological polar surface area (TPSA) is 26.3 Å². The molecule has 0 bridgehead atoms. The Kier molecular flexibility index (Phi) is 4.35. The number of carbonyl (C=O) groups is 1. The first-order valence-electron chi connectivity index (χ1n) is 9.06. The maximum Gasteiger partial charge on any atom is 0.139 e. The van der Waals surface area contributed by atoms with Gasteiger partial charge in [-0.15, -0.1) is 0 Å². The second-order valence-corrected chi connectivity index (χ2v) is 6.96. The first kappa shape index (κ1) is 16.3. The average Bonchev–Trinajstić information content (AvgIpc) is 2.91. The van der Waals surface area contributed by atoms with Gasteiger partial charge in [-0.05, 0) is 66.9 Å². The number of carbonyl (C=O) groups excluding carboxylic acids is 1. The highest BCUT2D eigenvalue weighted by Gasteiger charge is 2.50. The maximum absolute atomic E-state index is 12.3. The van der Waals surface area contributed by atoms with E-state index in [2.05, 4.69) is 25.1 Å². The Hall–Kier alpha value is -1.57. The van der Waals surface area contributed by atoms with Crippen LogP contribution < -0.4 is 4.74 Å². The van der Waals surface area contributed by atoms with Gasteiger partial charge in [0.2, 0.25) is 0 Å². The van der Waals surface area contributed by atoms with Crippen LogP contribution in [0.15, 0.2) is 23.8 Å². The number of fused-ring (bicyclic) bond motifs is 4. The van der Waals surface area contributed by atoms with E-state index in [9.17, 15) is 4.79 Å². The highest BCUT2D eigenvalue weighted by Crippen LogP contribution is 2.56. The van der Waals surface area contributed by atoms with E-state index in [1.54, 1.807) is 12.7 Å². The maximum atomic E-state index is 12.3. The van der Waals surface area contributed by atoms with Crippen LogP contribution in [0.2, 0.25) is 0 Å². The molecule has 0 aromatic heterocycles. The molecule has 0 heterocycles. The Morgan fingerprint density at radius 2 is 1.91 bits per heavy atom. The molecule has 0 radical (unpaired) electrons. The Morgan fingerprint density at radius 1 is 1.13 bits per heavy atom. The molecule has 0 saturated heterocycles. The zero-order valence-corrected chi connectivity index (χ0v) is 14.9. The summed E-state index contributed by atoms with van der Waals surface area (Å²) in [6, 6.07) is 6.48. The molecule has 1 saturated carbocycles. The molecule has 0 aliphatic heterocycles. The average molecular weight is 312 g/mol. The van der Waals surface area contributed by atoms with Crippen LogP contribution in [-0.2, 0) is 11.2 Å². The van der Waals surface area contributed by atoms with E-state index >= 15 is 0 Å². The SMILES string of the molecule is CC.COc1ccc2c(c1)CCC1=C2CCC2(C)C(=O)CCC12. The molecule has 2 atom stereocenters. The molecule has 2 nitrogen and oxygen atoms in total. The van der Waals surface area contributed by atoms with Crippen LogP contribution in [0.25, 0.3) is 5.57 Å². The lowest BCUT2D eigenvalue weighted by Crippen LogP contribution is -2.34.